The smallest absolute Gasteiger partial charge is 0.318 e. The Morgan fingerprint density at radius 1 is 1.03 bits per heavy atom. The lowest BCUT2D eigenvalue weighted by molar-refractivity contribution is -0.124. The van der Waals surface area contributed by atoms with E-state index in [1.807, 2.05) is 26.0 Å². The van der Waals surface area contributed by atoms with Crippen LogP contribution in [0.5, 0.6) is 0 Å². The number of aryl methyl sites for hydroxylation is 2. The van der Waals surface area contributed by atoms with E-state index in [4.69, 9.17) is 16.5 Å². The second-order valence-corrected chi connectivity index (χ2v) is 13.1. The largest absolute Gasteiger partial charge is 0.351 e. The molecule has 1 aromatic rings. The molecule has 0 saturated carbocycles. The maximum absolute atomic E-state index is 13.2. The summed E-state index contributed by atoms with van der Waals surface area (Å²) in [5, 5.41) is 2.96. The number of anilines is 1. The van der Waals surface area contributed by atoms with Crippen molar-refractivity contribution >= 4 is 33.5 Å². The Morgan fingerprint density at radius 2 is 1.59 bits per heavy atom. The number of primary amides is 1. The lowest BCUT2D eigenvalue weighted by Gasteiger charge is -2.34. The van der Waals surface area contributed by atoms with Crippen LogP contribution in [0.2, 0.25) is 0 Å². The zero-order chi connectivity index (χ0) is 28.6. The molecule has 5 N–H and O–H groups in total. The van der Waals surface area contributed by atoms with E-state index in [2.05, 4.69) is 5.32 Å². The van der Waals surface area contributed by atoms with Gasteiger partial charge in [0.1, 0.15) is 11.4 Å². The number of sulfonamides is 1. The lowest BCUT2D eigenvalue weighted by atomic mass is 9.89. The van der Waals surface area contributed by atoms with Gasteiger partial charge in [-0.25, -0.2) is 17.5 Å². The molecule has 3 rings (SSSR count). The molecule has 2 aliphatic heterocycles. The molecular formula is C28H46N6O4S. The number of benzene rings is 1. The van der Waals surface area contributed by atoms with Crippen LogP contribution >= 0.6 is 0 Å². The third-order valence-corrected chi connectivity index (χ3v) is 9.97. The van der Waals surface area contributed by atoms with Crippen LogP contribution in [0.4, 0.5) is 10.5 Å². The SMILES string of the molecule is Cc1cc(N(C)C(N)=O)cc(C)c1CCS(=O)(=O)N1CCC2(CC1)N=C(CCCCCCCCCN)NC2=O. The number of hydrogen-bond donors (Lipinski definition) is 3. The van der Waals surface area contributed by atoms with Crippen molar-refractivity contribution in [2.45, 2.75) is 90.0 Å². The number of nitrogens with zero attached hydrogens (tertiary/aromatic N) is 3. The Morgan fingerprint density at radius 3 is 2.15 bits per heavy atom. The number of nitrogens with one attached hydrogen (secondary N) is 1. The van der Waals surface area contributed by atoms with Gasteiger partial charge in [-0.1, -0.05) is 32.1 Å². The first-order chi connectivity index (χ1) is 18.5. The molecule has 1 spiro atoms. The van der Waals surface area contributed by atoms with Crippen LogP contribution < -0.4 is 21.7 Å². The van der Waals surface area contributed by atoms with Gasteiger partial charge in [0.2, 0.25) is 10.0 Å². The fraction of sp³-hybridized carbons (Fsp3) is 0.679. The molecule has 0 bridgehead atoms. The molecule has 39 heavy (non-hydrogen) atoms. The first-order valence-electron chi connectivity index (χ1n) is 14.2. The van der Waals surface area contributed by atoms with Crippen LogP contribution in [0.3, 0.4) is 0 Å². The van der Waals surface area contributed by atoms with E-state index in [-0.39, 0.29) is 24.7 Å². The molecule has 0 radical (unpaired) electrons. The highest BCUT2D eigenvalue weighted by Gasteiger charge is 2.47. The first kappa shape index (κ1) is 31.0. The highest BCUT2D eigenvalue weighted by Crippen LogP contribution is 2.32. The molecular weight excluding hydrogens is 516 g/mol. The second kappa shape index (κ2) is 13.7. The molecule has 1 aromatic carbocycles. The van der Waals surface area contributed by atoms with Crippen molar-refractivity contribution in [3.63, 3.8) is 0 Å². The van der Waals surface area contributed by atoms with E-state index < -0.39 is 21.6 Å². The van der Waals surface area contributed by atoms with Gasteiger partial charge in [-0.2, -0.15) is 0 Å². The number of amides is 3. The van der Waals surface area contributed by atoms with Gasteiger partial charge in [-0.15, -0.1) is 0 Å². The summed E-state index contributed by atoms with van der Waals surface area (Å²) in [5.74, 6) is 0.638. The van der Waals surface area contributed by atoms with Crippen molar-refractivity contribution in [1.82, 2.24) is 9.62 Å². The molecule has 218 valence electrons. The van der Waals surface area contributed by atoms with E-state index in [1.165, 1.54) is 34.9 Å². The van der Waals surface area contributed by atoms with E-state index >= 15 is 0 Å². The van der Waals surface area contributed by atoms with Crippen molar-refractivity contribution in [3.8, 4) is 0 Å². The predicted molar refractivity (Wildman–Crippen MR) is 156 cm³/mol. The molecule has 11 heteroatoms. The zero-order valence-corrected chi connectivity index (χ0v) is 24.6. The average molecular weight is 563 g/mol. The number of carbonyl (C=O) groups excluding carboxylic acids is 2. The third-order valence-electron chi connectivity index (χ3n) is 8.10. The number of unbranched alkanes of at least 4 members (excludes halogenated alkanes) is 6. The summed E-state index contributed by atoms with van der Waals surface area (Å²) in [6, 6.07) is 3.15. The molecule has 0 aromatic heterocycles. The third kappa shape index (κ3) is 8.02. The van der Waals surface area contributed by atoms with Crippen molar-refractivity contribution in [2.75, 3.05) is 37.3 Å². The minimum absolute atomic E-state index is 0.0143. The molecule has 1 fully saturated rings. The quantitative estimate of drug-likeness (QED) is 0.298. The van der Waals surface area contributed by atoms with Gasteiger partial charge < -0.3 is 16.8 Å². The highest BCUT2D eigenvalue weighted by atomic mass is 32.2. The summed E-state index contributed by atoms with van der Waals surface area (Å²) in [4.78, 5) is 30.5. The number of nitrogens with two attached hydrogens (primary N) is 2. The van der Waals surface area contributed by atoms with Crippen molar-refractivity contribution in [2.24, 2.45) is 16.5 Å². The topological polar surface area (TPSA) is 151 Å². The van der Waals surface area contributed by atoms with Gasteiger partial charge in [0.25, 0.3) is 5.91 Å². The summed E-state index contributed by atoms with van der Waals surface area (Å²) in [6.07, 6.45) is 9.92. The number of hydrogen-bond acceptors (Lipinski definition) is 6. The van der Waals surface area contributed by atoms with Crippen LogP contribution in [-0.2, 0) is 21.2 Å². The maximum atomic E-state index is 13.2. The number of aliphatic imine (C=N–C) groups is 1. The van der Waals surface area contributed by atoms with Gasteiger partial charge >= 0.3 is 6.03 Å². The van der Waals surface area contributed by atoms with E-state index in [0.29, 0.717) is 24.9 Å². The normalized spacial score (nSPS) is 17.3. The highest BCUT2D eigenvalue weighted by molar-refractivity contribution is 7.89. The van der Waals surface area contributed by atoms with Gasteiger partial charge in [0.15, 0.2) is 0 Å². The number of amidine groups is 1. The summed E-state index contributed by atoms with van der Waals surface area (Å²) in [5.41, 5.74) is 13.5. The number of carbonyl (C=O) groups is 2. The van der Waals surface area contributed by atoms with Crippen molar-refractivity contribution < 1.29 is 18.0 Å². The number of rotatable bonds is 14. The maximum Gasteiger partial charge on any atom is 0.318 e. The van der Waals surface area contributed by atoms with Crippen LogP contribution in [0.1, 0.15) is 80.9 Å². The molecule has 3 amide bonds. The summed E-state index contributed by atoms with van der Waals surface area (Å²) in [7, 11) is -1.89. The molecule has 0 atom stereocenters. The fourth-order valence-corrected chi connectivity index (χ4v) is 7.00. The fourth-order valence-electron chi connectivity index (χ4n) is 5.54. The van der Waals surface area contributed by atoms with E-state index in [9.17, 15) is 18.0 Å². The Kier molecular flexibility index (Phi) is 10.9. The molecule has 2 heterocycles. The Hall–Kier alpha value is -2.50. The minimum atomic E-state index is -3.50. The summed E-state index contributed by atoms with van der Waals surface area (Å²) < 4.78 is 27.9. The standard InChI is InChI=1S/C28H46N6O4S/c1-21-19-23(33(3)27(30)36)20-22(2)24(21)12-18-39(37,38)34-16-13-28(14-17-34)26(35)31-25(32-28)11-9-7-5-4-6-8-10-15-29/h19-20H,4-18,29H2,1-3H3,(H2,30,36)(H,31,32,35). The van der Waals surface area contributed by atoms with Gasteiger partial charge in [0.05, 0.1) is 5.75 Å². The Labute approximate surface area is 233 Å². The minimum Gasteiger partial charge on any atom is -0.351 e. The molecule has 2 aliphatic rings. The van der Waals surface area contributed by atoms with Gasteiger partial charge in [0, 0.05) is 32.2 Å². The predicted octanol–water partition coefficient (Wildman–Crippen LogP) is 3.13. The zero-order valence-electron chi connectivity index (χ0n) is 23.8. The van der Waals surface area contributed by atoms with Gasteiger partial charge in [-0.3, -0.25) is 14.7 Å². The molecule has 10 nitrogen and oxygen atoms in total. The van der Waals surface area contributed by atoms with Crippen LogP contribution in [0.25, 0.3) is 0 Å². The summed E-state index contributed by atoms with van der Waals surface area (Å²) in [6.45, 7) is 5.16. The lowest BCUT2D eigenvalue weighted by Crippen LogP contribution is -2.50. The number of piperidine rings is 1. The van der Waals surface area contributed by atoms with E-state index in [0.717, 1.165) is 54.8 Å². The van der Waals surface area contributed by atoms with Crippen molar-refractivity contribution in [1.29, 1.82) is 0 Å². The average Bonchev–Trinajstić information content (AvgIpc) is 3.18. The molecule has 1 saturated heterocycles. The van der Waals surface area contributed by atoms with E-state index in [1.54, 1.807) is 7.05 Å². The van der Waals surface area contributed by atoms with Gasteiger partial charge in [-0.05, 0) is 81.3 Å². The van der Waals surface area contributed by atoms with Crippen LogP contribution in [-0.4, -0.2) is 68.5 Å². The Balaban J connectivity index is 1.50. The monoisotopic (exact) mass is 562 g/mol. The first-order valence-corrected chi connectivity index (χ1v) is 15.8. The number of urea groups is 1. The molecule has 0 aliphatic carbocycles. The second-order valence-electron chi connectivity index (χ2n) is 11.0. The summed E-state index contributed by atoms with van der Waals surface area (Å²) >= 11 is 0. The molecule has 0 unspecified atom stereocenters. The van der Waals surface area contributed by atoms with Crippen molar-refractivity contribution in [3.05, 3.63) is 28.8 Å². The van der Waals surface area contributed by atoms with Crippen LogP contribution in [0, 0.1) is 13.8 Å². The van der Waals surface area contributed by atoms with Crippen LogP contribution in [0.15, 0.2) is 17.1 Å². The Bertz CT molecular complexity index is 1140.